The van der Waals surface area contributed by atoms with Crippen LogP contribution in [0.2, 0.25) is 0 Å². The fourth-order valence-corrected chi connectivity index (χ4v) is 2.85. The first-order valence-corrected chi connectivity index (χ1v) is 7.16. The molecule has 1 aliphatic carbocycles. The highest BCUT2D eigenvalue weighted by molar-refractivity contribution is 5.95. The summed E-state index contributed by atoms with van der Waals surface area (Å²) in [5, 5.41) is 6.32. The number of amides is 1. The molecular formula is C16H20N2O. The number of anilines is 1. The minimum absolute atomic E-state index is 0.0493. The minimum Gasteiger partial charge on any atom is -0.384 e. The van der Waals surface area contributed by atoms with E-state index in [-0.39, 0.29) is 5.91 Å². The highest BCUT2D eigenvalue weighted by atomic mass is 16.1. The molecular weight excluding hydrogens is 236 g/mol. The van der Waals surface area contributed by atoms with Crippen LogP contribution >= 0.6 is 0 Å². The van der Waals surface area contributed by atoms with Crippen molar-refractivity contribution in [2.75, 3.05) is 18.4 Å². The number of hydrogen-bond donors (Lipinski definition) is 2. The summed E-state index contributed by atoms with van der Waals surface area (Å²) in [6.07, 6.45) is 8.03. The summed E-state index contributed by atoms with van der Waals surface area (Å²) in [6.45, 7) is 1.73. The Morgan fingerprint density at radius 3 is 3.11 bits per heavy atom. The van der Waals surface area contributed by atoms with Gasteiger partial charge in [-0.3, -0.25) is 4.79 Å². The van der Waals surface area contributed by atoms with Gasteiger partial charge in [-0.15, -0.1) is 0 Å². The van der Waals surface area contributed by atoms with E-state index in [1.54, 1.807) is 0 Å². The van der Waals surface area contributed by atoms with Crippen molar-refractivity contribution in [3.8, 4) is 0 Å². The molecule has 1 aromatic carbocycles. The molecule has 0 radical (unpaired) electrons. The molecule has 3 nitrogen and oxygen atoms in total. The van der Waals surface area contributed by atoms with E-state index in [1.165, 1.54) is 36.1 Å². The van der Waals surface area contributed by atoms with Gasteiger partial charge >= 0.3 is 0 Å². The van der Waals surface area contributed by atoms with E-state index in [0.29, 0.717) is 0 Å². The minimum atomic E-state index is 0.0493. The monoisotopic (exact) mass is 256 g/mol. The molecule has 0 saturated carbocycles. The third-order valence-corrected chi connectivity index (χ3v) is 3.94. The van der Waals surface area contributed by atoms with Crippen LogP contribution in [0.3, 0.4) is 0 Å². The van der Waals surface area contributed by atoms with Crippen LogP contribution < -0.4 is 10.6 Å². The summed E-state index contributed by atoms with van der Waals surface area (Å²) in [7, 11) is 0. The van der Waals surface area contributed by atoms with Crippen molar-refractivity contribution >= 4 is 11.6 Å². The lowest BCUT2D eigenvalue weighted by Crippen LogP contribution is -2.24. The molecule has 0 unspecified atom stereocenters. The van der Waals surface area contributed by atoms with Gasteiger partial charge in [-0.25, -0.2) is 0 Å². The highest BCUT2D eigenvalue weighted by Crippen LogP contribution is 2.23. The Hall–Kier alpha value is -1.77. The number of benzene rings is 1. The Kier molecular flexibility index (Phi) is 3.53. The number of carbonyl (C=O) groups excluding carboxylic acids is 1. The van der Waals surface area contributed by atoms with Gasteiger partial charge in [0.1, 0.15) is 0 Å². The second-order valence-electron chi connectivity index (χ2n) is 5.31. The molecule has 0 atom stereocenters. The van der Waals surface area contributed by atoms with Crippen molar-refractivity contribution < 1.29 is 4.79 Å². The number of hydrogen-bond acceptors (Lipinski definition) is 2. The van der Waals surface area contributed by atoms with Crippen molar-refractivity contribution in [1.29, 1.82) is 0 Å². The molecule has 1 amide bonds. The van der Waals surface area contributed by atoms with Gasteiger partial charge < -0.3 is 10.6 Å². The Morgan fingerprint density at radius 1 is 1.32 bits per heavy atom. The fraction of sp³-hybridized carbons (Fsp3) is 0.438. The first kappa shape index (κ1) is 12.3. The second-order valence-corrected chi connectivity index (χ2v) is 5.31. The molecule has 3 heteroatoms. The van der Waals surface area contributed by atoms with E-state index < -0.39 is 0 Å². The molecule has 0 spiro atoms. The van der Waals surface area contributed by atoms with Gasteiger partial charge in [-0.2, -0.15) is 0 Å². The average molecular weight is 256 g/mol. The molecule has 1 aliphatic heterocycles. The fourth-order valence-electron chi connectivity index (χ4n) is 2.85. The SMILES string of the molecule is O=C(NCCC1=CCCC1)c1ccc2c(c1)CCN2. The van der Waals surface area contributed by atoms with Crippen LogP contribution in [0.1, 0.15) is 41.6 Å². The maximum Gasteiger partial charge on any atom is 0.251 e. The summed E-state index contributed by atoms with van der Waals surface area (Å²) in [6, 6.07) is 5.93. The Bertz CT molecular complexity index is 519. The summed E-state index contributed by atoms with van der Waals surface area (Å²) < 4.78 is 0. The summed E-state index contributed by atoms with van der Waals surface area (Å²) in [4.78, 5) is 12.1. The van der Waals surface area contributed by atoms with E-state index in [9.17, 15) is 4.79 Å². The number of fused-ring (bicyclic) bond motifs is 1. The smallest absolute Gasteiger partial charge is 0.251 e. The molecule has 2 aliphatic rings. The molecule has 1 aromatic rings. The van der Waals surface area contributed by atoms with Crippen molar-refractivity contribution in [1.82, 2.24) is 5.32 Å². The summed E-state index contributed by atoms with van der Waals surface area (Å²) in [5.41, 5.74) is 4.71. The normalized spacial score (nSPS) is 16.7. The van der Waals surface area contributed by atoms with Crippen LogP contribution in [-0.4, -0.2) is 19.0 Å². The van der Waals surface area contributed by atoms with Crippen LogP contribution in [0.15, 0.2) is 29.8 Å². The lowest BCUT2D eigenvalue weighted by molar-refractivity contribution is 0.0954. The van der Waals surface area contributed by atoms with E-state index >= 15 is 0 Å². The zero-order chi connectivity index (χ0) is 13.1. The topological polar surface area (TPSA) is 41.1 Å². The van der Waals surface area contributed by atoms with Gasteiger partial charge in [0.15, 0.2) is 0 Å². The van der Waals surface area contributed by atoms with Crippen LogP contribution in [0.25, 0.3) is 0 Å². The number of nitrogens with one attached hydrogen (secondary N) is 2. The average Bonchev–Trinajstić information content (AvgIpc) is 3.08. The Morgan fingerprint density at radius 2 is 2.26 bits per heavy atom. The van der Waals surface area contributed by atoms with E-state index in [1.807, 2.05) is 18.2 Å². The number of allylic oxidation sites excluding steroid dienone is 1. The van der Waals surface area contributed by atoms with Crippen molar-refractivity contribution in [3.05, 3.63) is 41.0 Å². The summed E-state index contributed by atoms with van der Waals surface area (Å²) in [5.74, 6) is 0.0493. The van der Waals surface area contributed by atoms with Gasteiger partial charge in [0.2, 0.25) is 0 Å². The largest absolute Gasteiger partial charge is 0.384 e. The van der Waals surface area contributed by atoms with E-state index in [0.717, 1.165) is 31.5 Å². The van der Waals surface area contributed by atoms with Crippen LogP contribution in [0, 0.1) is 0 Å². The third kappa shape index (κ3) is 2.80. The molecule has 19 heavy (non-hydrogen) atoms. The molecule has 1 heterocycles. The van der Waals surface area contributed by atoms with Gasteiger partial charge in [0, 0.05) is 24.3 Å². The van der Waals surface area contributed by atoms with E-state index in [4.69, 9.17) is 0 Å². The quantitative estimate of drug-likeness (QED) is 0.813. The molecule has 0 saturated heterocycles. The standard InChI is InChI=1S/C16H20N2O/c19-16(18-9-7-12-3-1-2-4-12)14-5-6-15-13(11-14)8-10-17-15/h3,5-6,11,17H,1-2,4,7-10H2,(H,18,19). The van der Waals surface area contributed by atoms with Gasteiger partial charge in [0.25, 0.3) is 5.91 Å². The van der Waals surface area contributed by atoms with Gasteiger partial charge in [-0.05, 0) is 55.9 Å². The van der Waals surface area contributed by atoms with Gasteiger partial charge in [0.05, 0.1) is 0 Å². The van der Waals surface area contributed by atoms with Crippen molar-refractivity contribution in [3.63, 3.8) is 0 Å². The zero-order valence-corrected chi connectivity index (χ0v) is 11.2. The van der Waals surface area contributed by atoms with Crippen LogP contribution in [0.5, 0.6) is 0 Å². The maximum absolute atomic E-state index is 12.1. The number of carbonyl (C=O) groups is 1. The predicted molar refractivity (Wildman–Crippen MR) is 77.5 cm³/mol. The lowest BCUT2D eigenvalue weighted by Gasteiger charge is -2.07. The molecule has 3 rings (SSSR count). The lowest BCUT2D eigenvalue weighted by atomic mass is 10.1. The molecule has 0 aromatic heterocycles. The van der Waals surface area contributed by atoms with Crippen molar-refractivity contribution in [2.45, 2.75) is 32.1 Å². The van der Waals surface area contributed by atoms with Crippen molar-refractivity contribution in [2.24, 2.45) is 0 Å². The first-order chi connectivity index (χ1) is 9.33. The van der Waals surface area contributed by atoms with Crippen LogP contribution in [-0.2, 0) is 6.42 Å². The molecule has 0 bridgehead atoms. The summed E-state index contributed by atoms with van der Waals surface area (Å²) >= 11 is 0. The first-order valence-electron chi connectivity index (χ1n) is 7.16. The predicted octanol–water partition coefficient (Wildman–Crippen LogP) is 2.88. The maximum atomic E-state index is 12.1. The zero-order valence-electron chi connectivity index (χ0n) is 11.2. The Labute approximate surface area is 114 Å². The molecule has 0 fully saturated rings. The third-order valence-electron chi connectivity index (χ3n) is 3.94. The van der Waals surface area contributed by atoms with E-state index in [2.05, 4.69) is 16.7 Å². The number of rotatable bonds is 4. The molecule has 2 N–H and O–H groups in total. The highest BCUT2D eigenvalue weighted by Gasteiger charge is 2.13. The Balaban J connectivity index is 1.55. The van der Waals surface area contributed by atoms with Crippen LogP contribution in [0.4, 0.5) is 5.69 Å². The van der Waals surface area contributed by atoms with Gasteiger partial charge in [-0.1, -0.05) is 11.6 Å². The molecule has 100 valence electrons. The second kappa shape index (κ2) is 5.47.